The van der Waals surface area contributed by atoms with E-state index in [1.54, 1.807) is 0 Å². The normalized spacial score (nSPS) is 10.5. The molecule has 1 nitrogen and oxygen atoms in total. The van der Waals surface area contributed by atoms with Crippen LogP contribution in [0.15, 0.2) is 54.6 Å². The summed E-state index contributed by atoms with van der Waals surface area (Å²) < 4.78 is 0. The van der Waals surface area contributed by atoms with Gasteiger partial charge in [-0.15, -0.1) is 0 Å². The van der Waals surface area contributed by atoms with Crippen LogP contribution in [0.3, 0.4) is 0 Å². The van der Waals surface area contributed by atoms with Gasteiger partial charge in [0.15, 0.2) is 0 Å². The van der Waals surface area contributed by atoms with Gasteiger partial charge in [-0.3, -0.25) is 0 Å². The maximum Gasteiger partial charge on any atom is 0.0340 e. The van der Waals surface area contributed by atoms with Crippen molar-refractivity contribution in [2.24, 2.45) is 0 Å². The minimum atomic E-state index is 1.06. The van der Waals surface area contributed by atoms with Gasteiger partial charge in [-0.05, 0) is 55.4 Å². The van der Waals surface area contributed by atoms with Gasteiger partial charge in [0, 0.05) is 12.2 Å². The van der Waals surface area contributed by atoms with Gasteiger partial charge >= 0.3 is 0 Å². The van der Waals surface area contributed by atoms with Crippen LogP contribution in [-0.4, -0.2) is 6.54 Å². The zero-order valence-electron chi connectivity index (χ0n) is 13.1. The Kier molecular flexibility index (Phi) is 6.87. The van der Waals surface area contributed by atoms with Crippen molar-refractivity contribution >= 4 is 5.69 Å². The molecule has 0 atom stereocenters. The Balaban J connectivity index is 1.62. The van der Waals surface area contributed by atoms with Crippen LogP contribution in [0.25, 0.3) is 0 Å². The summed E-state index contributed by atoms with van der Waals surface area (Å²) in [6, 6.07) is 19.7. The van der Waals surface area contributed by atoms with E-state index >= 15 is 0 Å². The highest BCUT2D eigenvalue weighted by Gasteiger charge is 1.96. The Morgan fingerprint density at radius 2 is 1.38 bits per heavy atom. The smallest absolute Gasteiger partial charge is 0.0340 e. The Labute approximate surface area is 129 Å². The Bertz CT molecular complexity index is 487. The second-order valence-electron chi connectivity index (χ2n) is 5.67. The number of rotatable bonds is 9. The van der Waals surface area contributed by atoms with Gasteiger partial charge in [0.1, 0.15) is 0 Å². The fourth-order valence-corrected chi connectivity index (χ4v) is 2.50. The summed E-state index contributed by atoms with van der Waals surface area (Å²) in [5.74, 6) is 0. The second-order valence-corrected chi connectivity index (χ2v) is 5.67. The molecule has 0 unspecified atom stereocenters. The minimum Gasteiger partial charge on any atom is -0.385 e. The van der Waals surface area contributed by atoms with Gasteiger partial charge in [-0.1, -0.05) is 55.8 Å². The molecule has 0 heterocycles. The number of unbranched alkanes of at least 4 members (excludes halogenated alkanes) is 2. The number of hydrogen-bond donors (Lipinski definition) is 1. The summed E-state index contributed by atoms with van der Waals surface area (Å²) >= 11 is 0. The number of nitrogens with one attached hydrogen (secondary N) is 1. The molecule has 21 heavy (non-hydrogen) atoms. The molecule has 0 aliphatic rings. The van der Waals surface area contributed by atoms with Crippen LogP contribution in [0, 0.1) is 0 Å². The molecule has 2 aromatic carbocycles. The molecule has 2 rings (SSSR count). The van der Waals surface area contributed by atoms with Crippen LogP contribution < -0.4 is 5.32 Å². The molecule has 1 N–H and O–H groups in total. The molecular formula is C20H27N. The molecule has 0 aromatic heterocycles. The highest BCUT2D eigenvalue weighted by molar-refractivity contribution is 5.44. The number of anilines is 1. The Hall–Kier alpha value is -1.76. The number of aryl methyl sites for hydroxylation is 2. The minimum absolute atomic E-state index is 1.06. The van der Waals surface area contributed by atoms with E-state index in [2.05, 4.69) is 66.8 Å². The van der Waals surface area contributed by atoms with Gasteiger partial charge < -0.3 is 5.32 Å². The number of hydrogen-bond acceptors (Lipinski definition) is 1. The summed E-state index contributed by atoms with van der Waals surface area (Å²) in [5.41, 5.74) is 4.14. The zero-order chi connectivity index (χ0) is 14.8. The average Bonchev–Trinajstić information content (AvgIpc) is 2.55. The largest absolute Gasteiger partial charge is 0.385 e. The lowest BCUT2D eigenvalue weighted by atomic mass is 10.1. The summed E-state index contributed by atoms with van der Waals surface area (Å²) in [5, 5.41) is 3.51. The average molecular weight is 281 g/mol. The third-order valence-corrected chi connectivity index (χ3v) is 3.84. The third-order valence-electron chi connectivity index (χ3n) is 3.84. The molecule has 0 saturated heterocycles. The van der Waals surface area contributed by atoms with E-state index < -0.39 is 0 Å². The molecule has 2 aromatic rings. The lowest BCUT2D eigenvalue weighted by Crippen LogP contribution is -2.02. The molecule has 0 aliphatic carbocycles. The fourth-order valence-electron chi connectivity index (χ4n) is 2.50. The first-order valence-electron chi connectivity index (χ1n) is 8.25. The van der Waals surface area contributed by atoms with E-state index in [0.717, 1.165) is 6.54 Å². The summed E-state index contributed by atoms with van der Waals surface area (Å²) in [7, 11) is 0. The van der Waals surface area contributed by atoms with Crippen LogP contribution >= 0.6 is 0 Å². The van der Waals surface area contributed by atoms with Crippen molar-refractivity contribution in [3.8, 4) is 0 Å². The van der Waals surface area contributed by atoms with Gasteiger partial charge in [0.25, 0.3) is 0 Å². The molecule has 1 heteroatoms. The molecule has 0 amide bonds. The van der Waals surface area contributed by atoms with Crippen molar-refractivity contribution in [3.05, 3.63) is 65.7 Å². The zero-order valence-corrected chi connectivity index (χ0v) is 13.1. The Morgan fingerprint density at radius 3 is 2.10 bits per heavy atom. The summed E-state index contributed by atoms with van der Waals surface area (Å²) in [4.78, 5) is 0. The summed E-state index contributed by atoms with van der Waals surface area (Å²) in [6.45, 7) is 3.30. The van der Waals surface area contributed by atoms with Gasteiger partial charge in [0.05, 0.1) is 0 Å². The Morgan fingerprint density at radius 1 is 0.714 bits per heavy atom. The fraction of sp³-hybridized carbons (Fsp3) is 0.400. The molecule has 112 valence electrons. The lowest BCUT2D eigenvalue weighted by molar-refractivity contribution is 0.763. The second kappa shape index (κ2) is 9.23. The van der Waals surface area contributed by atoms with Gasteiger partial charge in [-0.25, -0.2) is 0 Å². The maximum atomic E-state index is 3.51. The van der Waals surface area contributed by atoms with Crippen LogP contribution in [-0.2, 0) is 12.8 Å². The van der Waals surface area contributed by atoms with Gasteiger partial charge in [0.2, 0.25) is 0 Å². The summed E-state index contributed by atoms with van der Waals surface area (Å²) in [6.07, 6.45) is 7.39. The van der Waals surface area contributed by atoms with Crippen molar-refractivity contribution in [1.82, 2.24) is 0 Å². The van der Waals surface area contributed by atoms with Crippen LogP contribution in [0.4, 0.5) is 5.69 Å². The topological polar surface area (TPSA) is 12.0 Å². The van der Waals surface area contributed by atoms with Crippen molar-refractivity contribution in [3.63, 3.8) is 0 Å². The molecule has 0 spiro atoms. The van der Waals surface area contributed by atoms with Crippen molar-refractivity contribution in [1.29, 1.82) is 0 Å². The first-order chi connectivity index (χ1) is 10.4. The molecule has 0 aliphatic heterocycles. The highest BCUT2D eigenvalue weighted by atomic mass is 14.9. The monoisotopic (exact) mass is 281 g/mol. The van der Waals surface area contributed by atoms with Crippen molar-refractivity contribution in [2.45, 2.75) is 45.4 Å². The highest BCUT2D eigenvalue weighted by Crippen LogP contribution is 2.12. The first-order valence-corrected chi connectivity index (χ1v) is 8.25. The van der Waals surface area contributed by atoms with Crippen LogP contribution in [0.2, 0.25) is 0 Å². The quantitative estimate of drug-likeness (QED) is 0.601. The molecule has 0 saturated carbocycles. The lowest BCUT2D eigenvalue weighted by Gasteiger charge is -2.07. The third kappa shape index (κ3) is 6.03. The molecular weight excluding hydrogens is 254 g/mol. The number of benzene rings is 2. The predicted octanol–water partition coefficient (Wildman–Crippen LogP) is 5.46. The van der Waals surface area contributed by atoms with E-state index in [-0.39, 0.29) is 0 Å². The maximum absolute atomic E-state index is 3.51. The molecule has 0 radical (unpaired) electrons. The van der Waals surface area contributed by atoms with Crippen LogP contribution in [0.5, 0.6) is 0 Å². The van der Waals surface area contributed by atoms with E-state index in [4.69, 9.17) is 0 Å². The first kappa shape index (κ1) is 15.6. The van der Waals surface area contributed by atoms with Crippen molar-refractivity contribution < 1.29 is 0 Å². The molecule has 0 bridgehead atoms. The van der Waals surface area contributed by atoms with Crippen LogP contribution in [0.1, 0.15) is 43.7 Å². The predicted molar refractivity (Wildman–Crippen MR) is 92.9 cm³/mol. The van der Waals surface area contributed by atoms with E-state index in [1.807, 2.05) is 0 Å². The van der Waals surface area contributed by atoms with Crippen molar-refractivity contribution in [2.75, 3.05) is 11.9 Å². The van der Waals surface area contributed by atoms with E-state index in [9.17, 15) is 0 Å². The van der Waals surface area contributed by atoms with E-state index in [1.165, 1.54) is 55.3 Å². The van der Waals surface area contributed by atoms with Gasteiger partial charge in [-0.2, -0.15) is 0 Å². The molecule has 0 fully saturated rings. The standard InChI is InChI=1S/C20H27N/c1-2-3-9-19-13-15-20(16-14-19)21-17-8-7-12-18-10-5-4-6-11-18/h4-6,10-11,13-16,21H,2-3,7-9,12,17H2,1H3. The SMILES string of the molecule is CCCCc1ccc(NCCCCc2ccccc2)cc1. The van der Waals surface area contributed by atoms with E-state index in [0.29, 0.717) is 0 Å².